The highest BCUT2D eigenvalue weighted by atomic mass is 35.5. The number of carbonyl (C=O) groups is 1. The van der Waals surface area contributed by atoms with Crippen molar-refractivity contribution in [2.75, 3.05) is 11.5 Å². The number of amides is 1. The number of nitrogens with two attached hydrogens (primary N) is 2. The molecule has 2 heterocycles. The summed E-state index contributed by atoms with van der Waals surface area (Å²) in [7, 11) is 0. The standard InChI is InChI=1S/C18H16ClN5O2S/c19-12-6-10-8-26-7-9-2-1-3-11(14(9)10)15(12)16-22-17(21)24-18(23-16)27-5-4-13(20)25/h1-3,6H,4-5,7-8H2,(H2,20,25)(H2,21,22,23,24). The largest absolute Gasteiger partial charge is 0.372 e. The third-order valence-electron chi connectivity index (χ3n) is 4.23. The molecule has 0 unspecified atom stereocenters. The first-order valence-electron chi connectivity index (χ1n) is 8.26. The molecule has 0 aliphatic carbocycles. The average molecular weight is 402 g/mol. The van der Waals surface area contributed by atoms with Crippen molar-refractivity contribution >= 4 is 46.0 Å². The van der Waals surface area contributed by atoms with Crippen molar-refractivity contribution < 1.29 is 9.53 Å². The number of nitrogens with zero attached hydrogens (tertiary/aromatic N) is 3. The molecular weight excluding hydrogens is 386 g/mol. The number of ether oxygens (including phenoxy) is 1. The van der Waals surface area contributed by atoms with Gasteiger partial charge in [-0.1, -0.05) is 41.6 Å². The highest BCUT2D eigenvalue weighted by Crippen LogP contribution is 2.39. The van der Waals surface area contributed by atoms with E-state index in [4.69, 9.17) is 27.8 Å². The normalized spacial score (nSPS) is 13.1. The Kier molecular flexibility index (Phi) is 4.86. The molecular formula is C18H16ClN5O2S. The van der Waals surface area contributed by atoms with Gasteiger partial charge < -0.3 is 16.2 Å². The van der Waals surface area contributed by atoms with Crippen molar-refractivity contribution in [2.45, 2.75) is 24.8 Å². The molecule has 1 amide bonds. The van der Waals surface area contributed by atoms with E-state index in [1.54, 1.807) is 0 Å². The minimum atomic E-state index is -0.376. The summed E-state index contributed by atoms with van der Waals surface area (Å²) in [4.78, 5) is 23.9. The van der Waals surface area contributed by atoms with E-state index in [-0.39, 0.29) is 18.3 Å². The molecule has 0 bridgehead atoms. The van der Waals surface area contributed by atoms with E-state index in [1.165, 1.54) is 11.8 Å². The van der Waals surface area contributed by atoms with Crippen molar-refractivity contribution in [3.63, 3.8) is 0 Å². The van der Waals surface area contributed by atoms with E-state index in [2.05, 4.69) is 15.0 Å². The van der Waals surface area contributed by atoms with Crippen LogP contribution in [0.2, 0.25) is 5.02 Å². The van der Waals surface area contributed by atoms with Crippen LogP contribution in [0.15, 0.2) is 29.4 Å². The van der Waals surface area contributed by atoms with Crippen LogP contribution in [-0.4, -0.2) is 26.6 Å². The summed E-state index contributed by atoms with van der Waals surface area (Å²) in [6.07, 6.45) is 0.229. The zero-order valence-corrected chi connectivity index (χ0v) is 15.8. The fourth-order valence-electron chi connectivity index (χ4n) is 3.14. The van der Waals surface area contributed by atoms with E-state index in [1.807, 2.05) is 24.3 Å². The molecule has 0 saturated heterocycles. The average Bonchev–Trinajstić information content (AvgIpc) is 2.61. The predicted molar refractivity (Wildman–Crippen MR) is 105 cm³/mol. The van der Waals surface area contributed by atoms with Gasteiger partial charge in [0.15, 0.2) is 11.0 Å². The van der Waals surface area contributed by atoms with Gasteiger partial charge in [0.25, 0.3) is 0 Å². The molecule has 0 radical (unpaired) electrons. The van der Waals surface area contributed by atoms with Gasteiger partial charge in [-0.05, 0) is 28.0 Å². The number of hydrogen-bond acceptors (Lipinski definition) is 7. The quantitative estimate of drug-likeness (QED) is 0.631. The Hall–Kier alpha value is -2.42. The molecule has 4 rings (SSSR count). The number of rotatable bonds is 5. The summed E-state index contributed by atoms with van der Waals surface area (Å²) >= 11 is 7.88. The van der Waals surface area contributed by atoms with Crippen LogP contribution < -0.4 is 11.5 Å². The summed E-state index contributed by atoms with van der Waals surface area (Å²) in [5.74, 6) is 0.594. The Bertz CT molecular complexity index is 1060. The summed E-state index contributed by atoms with van der Waals surface area (Å²) in [5.41, 5.74) is 13.9. The molecule has 1 aromatic heterocycles. The Morgan fingerprint density at radius 2 is 2.04 bits per heavy atom. The van der Waals surface area contributed by atoms with Gasteiger partial charge in [0.1, 0.15) is 0 Å². The van der Waals surface area contributed by atoms with Crippen LogP contribution in [0.4, 0.5) is 5.95 Å². The van der Waals surface area contributed by atoms with Crippen molar-refractivity contribution in [3.8, 4) is 11.4 Å². The van der Waals surface area contributed by atoms with E-state index < -0.39 is 0 Å². The van der Waals surface area contributed by atoms with Crippen LogP contribution >= 0.6 is 23.4 Å². The minimum Gasteiger partial charge on any atom is -0.372 e. The first-order chi connectivity index (χ1) is 13.0. The van der Waals surface area contributed by atoms with Crippen LogP contribution in [0, 0.1) is 0 Å². The summed E-state index contributed by atoms with van der Waals surface area (Å²) < 4.78 is 5.63. The van der Waals surface area contributed by atoms with Gasteiger partial charge in [-0.15, -0.1) is 0 Å². The molecule has 3 aromatic rings. The molecule has 0 spiro atoms. The monoisotopic (exact) mass is 401 g/mol. The lowest BCUT2D eigenvalue weighted by Gasteiger charge is -2.20. The van der Waals surface area contributed by atoms with Gasteiger partial charge in [-0.3, -0.25) is 4.79 Å². The number of thioether (sulfide) groups is 1. The lowest BCUT2D eigenvalue weighted by atomic mass is 9.94. The molecule has 0 fully saturated rings. The van der Waals surface area contributed by atoms with Crippen LogP contribution in [0.3, 0.4) is 0 Å². The van der Waals surface area contributed by atoms with Gasteiger partial charge >= 0.3 is 0 Å². The molecule has 1 aliphatic rings. The molecule has 4 N–H and O–H groups in total. The molecule has 27 heavy (non-hydrogen) atoms. The second kappa shape index (κ2) is 7.30. The highest BCUT2D eigenvalue weighted by Gasteiger charge is 2.20. The number of carbonyl (C=O) groups excluding carboxylic acids is 1. The van der Waals surface area contributed by atoms with E-state index in [0.717, 1.165) is 21.9 Å². The SMILES string of the molecule is NC(=O)CCSc1nc(N)nc(-c2c(Cl)cc3c4c(cccc24)COC3)n1. The van der Waals surface area contributed by atoms with Crippen LogP contribution in [-0.2, 0) is 22.7 Å². The van der Waals surface area contributed by atoms with Crippen LogP contribution in [0.1, 0.15) is 17.5 Å². The number of benzene rings is 2. The Morgan fingerprint density at radius 3 is 2.85 bits per heavy atom. The maximum atomic E-state index is 10.9. The molecule has 0 atom stereocenters. The molecule has 2 aromatic carbocycles. The van der Waals surface area contributed by atoms with Crippen LogP contribution in [0.5, 0.6) is 0 Å². The van der Waals surface area contributed by atoms with Crippen molar-refractivity contribution in [1.82, 2.24) is 15.0 Å². The van der Waals surface area contributed by atoms with E-state index >= 15 is 0 Å². The Balaban J connectivity index is 1.83. The molecule has 138 valence electrons. The first kappa shape index (κ1) is 18.0. The van der Waals surface area contributed by atoms with Crippen molar-refractivity contribution in [3.05, 3.63) is 40.4 Å². The zero-order chi connectivity index (χ0) is 19.0. The molecule has 0 saturated carbocycles. The number of aromatic nitrogens is 3. The Morgan fingerprint density at radius 1 is 1.22 bits per heavy atom. The fraction of sp³-hybridized carbons (Fsp3) is 0.222. The van der Waals surface area contributed by atoms with Gasteiger partial charge in [0, 0.05) is 17.7 Å². The van der Waals surface area contributed by atoms with Gasteiger partial charge in [-0.25, -0.2) is 4.98 Å². The predicted octanol–water partition coefficient (Wildman–Crippen LogP) is 2.93. The second-order valence-electron chi connectivity index (χ2n) is 6.09. The lowest BCUT2D eigenvalue weighted by molar-refractivity contribution is -0.117. The van der Waals surface area contributed by atoms with Gasteiger partial charge in [0.2, 0.25) is 11.9 Å². The van der Waals surface area contributed by atoms with E-state index in [9.17, 15) is 4.79 Å². The smallest absolute Gasteiger partial charge is 0.224 e. The maximum Gasteiger partial charge on any atom is 0.224 e. The van der Waals surface area contributed by atoms with Crippen LogP contribution in [0.25, 0.3) is 22.2 Å². The number of anilines is 1. The number of hydrogen-bond donors (Lipinski definition) is 2. The van der Waals surface area contributed by atoms with Gasteiger partial charge in [0.05, 0.1) is 18.2 Å². The second-order valence-corrected chi connectivity index (χ2v) is 7.56. The summed E-state index contributed by atoms with van der Waals surface area (Å²) in [5, 5.41) is 3.03. The first-order valence-corrected chi connectivity index (χ1v) is 9.63. The Labute approximate surface area is 164 Å². The highest BCUT2D eigenvalue weighted by molar-refractivity contribution is 7.99. The van der Waals surface area contributed by atoms with Gasteiger partial charge in [-0.2, -0.15) is 9.97 Å². The third kappa shape index (κ3) is 3.55. The topological polar surface area (TPSA) is 117 Å². The molecule has 9 heteroatoms. The number of halogens is 1. The maximum absolute atomic E-state index is 10.9. The zero-order valence-electron chi connectivity index (χ0n) is 14.2. The van der Waals surface area contributed by atoms with E-state index in [0.29, 0.717) is 40.5 Å². The lowest BCUT2D eigenvalue weighted by Crippen LogP contribution is -2.11. The summed E-state index contributed by atoms with van der Waals surface area (Å²) in [6.45, 7) is 1.07. The fourth-order valence-corrected chi connectivity index (χ4v) is 4.25. The number of nitrogen functional groups attached to an aromatic ring is 1. The van der Waals surface area contributed by atoms with Crippen molar-refractivity contribution in [1.29, 1.82) is 0 Å². The third-order valence-corrected chi connectivity index (χ3v) is 5.38. The minimum absolute atomic E-state index is 0.0986. The summed E-state index contributed by atoms with van der Waals surface area (Å²) in [6, 6.07) is 7.88. The van der Waals surface area contributed by atoms with Crippen molar-refractivity contribution in [2.24, 2.45) is 5.73 Å². The molecule has 7 nitrogen and oxygen atoms in total. The molecule has 1 aliphatic heterocycles. The number of primary amides is 1.